The summed E-state index contributed by atoms with van der Waals surface area (Å²) in [4.78, 5) is 35.1. The monoisotopic (exact) mass is 832 g/mol. The van der Waals surface area contributed by atoms with Crippen molar-refractivity contribution in [3.05, 3.63) is 47.7 Å². The number of alkyl halides is 7. The molecule has 3 aliphatic rings. The second-order valence-corrected chi connectivity index (χ2v) is 13.7. The van der Waals surface area contributed by atoms with Crippen LogP contribution in [0.5, 0.6) is 11.8 Å². The summed E-state index contributed by atoms with van der Waals surface area (Å²) in [5.74, 6) is -4.61. The van der Waals surface area contributed by atoms with Gasteiger partial charge < -0.3 is 35.8 Å². The van der Waals surface area contributed by atoms with E-state index in [4.69, 9.17) is 36.7 Å². The Balaban J connectivity index is 0.000000393. The molecule has 0 amide bonds. The van der Waals surface area contributed by atoms with Gasteiger partial charge in [0.25, 0.3) is 0 Å². The number of aromatic hydroxyl groups is 1. The van der Waals surface area contributed by atoms with Crippen molar-refractivity contribution >= 4 is 39.4 Å². The highest BCUT2D eigenvalue weighted by molar-refractivity contribution is 6.03. The average molecular weight is 833 g/mol. The van der Waals surface area contributed by atoms with E-state index in [2.05, 4.69) is 25.8 Å². The molecular weight excluding hydrogens is 799 g/mol. The molecule has 0 bridgehead atoms. The summed E-state index contributed by atoms with van der Waals surface area (Å²) < 4.78 is 115. The number of pyridine rings is 1. The molecule has 13 nitrogen and oxygen atoms in total. The number of nitrogens with two attached hydrogens (primary N) is 1. The van der Waals surface area contributed by atoms with Crippen LogP contribution < -0.4 is 15.4 Å². The highest BCUT2D eigenvalue weighted by atomic mass is 19.4. The Bertz CT molecular complexity index is 2220. The third kappa shape index (κ3) is 9.37. The van der Waals surface area contributed by atoms with Crippen LogP contribution >= 0.6 is 0 Å². The minimum atomic E-state index is -5.08. The number of aliphatic hydroxyl groups excluding tert-OH is 1. The molecule has 5 heterocycles. The molecule has 22 heteroatoms. The minimum absolute atomic E-state index is 0.0883. The smallest absolute Gasteiger partial charge is 0.490 e. The maximum atomic E-state index is 16.7. The van der Waals surface area contributed by atoms with Crippen LogP contribution in [0.25, 0.3) is 32.9 Å². The van der Waals surface area contributed by atoms with Gasteiger partial charge in [0.2, 0.25) is 0 Å². The van der Waals surface area contributed by atoms with Gasteiger partial charge in [-0.3, -0.25) is 9.88 Å². The standard InChI is InChI=1S/C32H31F3N6O3.2C2HF3O2/c1-2-22-25(34)5-4-17-8-20(42)10-23(26(17)22)28-27(35)29-24(12-37-28)30(40-14-19(36)9-21(43)15-40)39-31(38-29)44-16-32-6-3-7-41(32)13-18(33)11-32;2*3-2(4,5)1(6)7/h1,4-5,8,10,12,18-19,21,42-43H,3,6-7,9,11,13-16,36H2;2*(H,6,7)/t18-,19+,21-,32+;;/m1../s1. The Morgan fingerprint density at radius 1 is 1.03 bits per heavy atom. The van der Waals surface area contributed by atoms with Gasteiger partial charge in [-0.1, -0.05) is 12.0 Å². The van der Waals surface area contributed by atoms with Crippen LogP contribution in [-0.4, -0.2) is 121 Å². The van der Waals surface area contributed by atoms with Crippen molar-refractivity contribution < 1.29 is 74.3 Å². The number of carbonyl (C=O) groups is 2. The zero-order valence-corrected chi connectivity index (χ0v) is 29.8. The van der Waals surface area contributed by atoms with Gasteiger partial charge in [0.15, 0.2) is 5.82 Å². The van der Waals surface area contributed by atoms with Gasteiger partial charge >= 0.3 is 30.3 Å². The topological polar surface area (TPSA) is 195 Å². The SMILES string of the molecule is C#Cc1c(F)ccc2cc(O)cc(-c3ncc4c(N5C[C@@H](N)C[C@@H](O)C5)nc(OC[C@@]56CCCN5C[C@H](F)C6)nc4c3F)c12.O=C(O)C(F)(F)F.O=C(O)C(F)(F)F. The van der Waals surface area contributed by atoms with E-state index in [1.807, 2.05) is 0 Å². The molecule has 0 unspecified atom stereocenters. The number of ether oxygens (including phenoxy) is 1. The Kier molecular flexibility index (Phi) is 12.5. The first-order valence-electron chi connectivity index (χ1n) is 17.1. The fourth-order valence-corrected chi connectivity index (χ4v) is 7.20. The second-order valence-electron chi connectivity index (χ2n) is 13.7. The third-order valence-electron chi connectivity index (χ3n) is 9.57. The fraction of sp³-hybridized carbons (Fsp3) is 0.417. The number of terminal acetylenes is 1. The third-order valence-corrected chi connectivity index (χ3v) is 9.57. The average Bonchev–Trinajstić information content (AvgIpc) is 3.65. The molecule has 4 aromatic rings. The van der Waals surface area contributed by atoms with Gasteiger partial charge in [-0.2, -0.15) is 36.3 Å². The largest absolute Gasteiger partial charge is 0.508 e. The number of anilines is 1. The number of hydrogen-bond donors (Lipinski definition) is 5. The van der Waals surface area contributed by atoms with Crippen molar-refractivity contribution in [2.24, 2.45) is 5.73 Å². The van der Waals surface area contributed by atoms with Crippen molar-refractivity contribution in [3.8, 4) is 35.4 Å². The molecule has 2 aromatic heterocycles. The van der Waals surface area contributed by atoms with Crippen molar-refractivity contribution in [1.82, 2.24) is 19.9 Å². The predicted octanol–water partition coefficient (Wildman–Crippen LogP) is 4.93. The molecule has 7 rings (SSSR count). The zero-order chi connectivity index (χ0) is 42.9. The Labute approximate surface area is 321 Å². The van der Waals surface area contributed by atoms with Crippen LogP contribution in [0.1, 0.15) is 31.2 Å². The lowest BCUT2D eigenvalue weighted by atomic mass is 9.95. The van der Waals surface area contributed by atoms with Gasteiger partial charge in [-0.25, -0.2) is 22.8 Å². The van der Waals surface area contributed by atoms with Crippen LogP contribution in [0.15, 0.2) is 30.5 Å². The van der Waals surface area contributed by atoms with E-state index in [0.29, 0.717) is 31.3 Å². The maximum absolute atomic E-state index is 16.7. The highest BCUT2D eigenvalue weighted by Gasteiger charge is 2.49. The first kappa shape index (κ1) is 43.5. The van der Waals surface area contributed by atoms with Gasteiger partial charge in [0.05, 0.1) is 22.6 Å². The Morgan fingerprint density at radius 3 is 2.29 bits per heavy atom. The maximum Gasteiger partial charge on any atom is 0.490 e. The molecule has 3 saturated heterocycles. The van der Waals surface area contributed by atoms with Crippen LogP contribution in [0.2, 0.25) is 0 Å². The van der Waals surface area contributed by atoms with Crippen LogP contribution in [0.4, 0.5) is 45.3 Å². The number of nitrogens with zero attached hydrogens (tertiary/aromatic N) is 5. The summed E-state index contributed by atoms with van der Waals surface area (Å²) in [5.41, 5.74) is 5.38. The molecule has 0 spiro atoms. The summed E-state index contributed by atoms with van der Waals surface area (Å²) in [6.45, 7) is 1.79. The van der Waals surface area contributed by atoms with Crippen LogP contribution in [0, 0.1) is 24.0 Å². The number of halogens is 9. The number of carboxylic acid groups (broad SMARTS) is 2. The summed E-state index contributed by atoms with van der Waals surface area (Å²) in [6.07, 6.45) is -2.39. The molecule has 2 aromatic carbocycles. The first-order valence-corrected chi connectivity index (χ1v) is 17.1. The predicted molar refractivity (Wildman–Crippen MR) is 187 cm³/mol. The number of β-amino-alcohol motifs (C(OH)–C–C–N with tert-alkyl or cyclic N) is 1. The van der Waals surface area contributed by atoms with Crippen molar-refractivity contribution in [2.45, 2.75) is 61.9 Å². The minimum Gasteiger partial charge on any atom is -0.508 e. The van der Waals surface area contributed by atoms with Crippen molar-refractivity contribution in [2.75, 3.05) is 37.7 Å². The lowest BCUT2D eigenvalue weighted by molar-refractivity contribution is -0.193. The first-order chi connectivity index (χ1) is 27.0. The molecular formula is C36H33F9N6O7. The number of aromatic nitrogens is 3. The molecule has 4 atom stereocenters. The van der Waals surface area contributed by atoms with E-state index in [1.165, 1.54) is 30.5 Å². The van der Waals surface area contributed by atoms with E-state index < -0.39 is 53.7 Å². The number of phenols is 1. The quantitative estimate of drug-likeness (QED) is 0.134. The molecule has 312 valence electrons. The lowest BCUT2D eigenvalue weighted by Gasteiger charge is -2.35. The molecule has 0 saturated carbocycles. The van der Waals surface area contributed by atoms with Gasteiger partial charge in [0, 0.05) is 49.2 Å². The van der Waals surface area contributed by atoms with E-state index in [0.717, 1.165) is 19.4 Å². The Morgan fingerprint density at radius 2 is 1.69 bits per heavy atom. The number of aliphatic carboxylic acids is 2. The summed E-state index contributed by atoms with van der Waals surface area (Å²) >= 11 is 0. The van der Waals surface area contributed by atoms with E-state index in [-0.39, 0.29) is 69.9 Å². The molecule has 3 aliphatic heterocycles. The van der Waals surface area contributed by atoms with E-state index >= 15 is 4.39 Å². The van der Waals surface area contributed by atoms with E-state index in [1.54, 1.807) is 4.90 Å². The fourth-order valence-electron chi connectivity index (χ4n) is 7.20. The summed E-state index contributed by atoms with van der Waals surface area (Å²) in [6, 6.07) is 4.85. The second kappa shape index (κ2) is 16.7. The normalized spacial score (nSPS) is 22.0. The van der Waals surface area contributed by atoms with Gasteiger partial charge in [-0.05, 0) is 49.4 Å². The van der Waals surface area contributed by atoms with Crippen LogP contribution in [-0.2, 0) is 9.59 Å². The number of fused-ring (bicyclic) bond motifs is 3. The number of hydrogen-bond acceptors (Lipinski definition) is 11. The lowest BCUT2D eigenvalue weighted by Crippen LogP contribution is -2.49. The van der Waals surface area contributed by atoms with Crippen LogP contribution in [0.3, 0.4) is 0 Å². The number of aliphatic hydroxyl groups is 1. The number of rotatable bonds is 5. The zero-order valence-electron chi connectivity index (χ0n) is 29.8. The number of piperidine rings is 1. The van der Waals surface area contributed by atoms with Gasteiger partial charge in [-0.15, -0.1) is 6.42 Å². The number of benzene rings is 2. The van der Waals surface area contributed by atoms with E-state index in [9.17, 15) is 45.3 Å². The molecule has 58 heavy (non-hydrogen) atoms. The molecule has 0 aliphatic carbocycles. The molecule has 0 radical (unpaired) electrons. The number of carboxylic acids is 2. The highest BCUT2D eigenvalue weighted by Crippen LogP contribution is 2.42. The van der Waals surface area contributed by atoms with Crippen molar-refractivity contribution in [3.63, 3.8) is 0 Å². The summed E-state index contributed by atoms with van der Waals surface area (Å²) in [7, 11) is 0. The Hall–Kier alpha value is -5.66. The van der Waals surface area contributed by atoms with Gasteiger partial charge in [0.1, 0.15) is 41.4 Å². The number of phenolic OH excluding ortho intramolecular Hbond substituents is 1. The van der Waals surface area contributed by atoms with Crippen molar-refractivity contribution in [1.29, 1.82) is 0 Å². The molecule has 6 N–H and O–H groups in total. The summed E-state index contributed by atoms with van der Waals surface area (Å²) in [5, 5.41) is 36.1. The molecule has 3 fully saturated rings.